The number of rotatable bonds is 49. The first-order valence-electron chi connectivity index (χ1n) is 26.6. The van der Waals surface area contributed by atoms with Gasteiger partial charge in [0.15, 0.2) is 0 Å². The smallest absolute Gasteiger partial charge is 0.222 e. The van der Waals surface area contributed by atoms with E-state index in [9.17, 15) is 20.1 Å². The summed E-state index contributed by atoms with van der Waals surface area (Å²) in [6, 6.07) is -0.657. The van der Waals surface area contributed by atoms with E-state index in [0.717, 1.165) is 32.1 Å². The summed E-state index contributed by atoms with van der Waals surface area (Å²) in [4.78, 5) is 12.5. The van der Waals surface area contributed by atoms with Crippen molar-refractivity contribution in [2.45, 2.75) is 308 Å². The van der Waals surface area contributed by atoms with Gasteiger partial charge < -0.3 is 20.6 Å². The first kappa shape index (κ1) is 57.8. The minimum atomic E-state index is -0.748. The van der Waals surface area contributed by atoms with E-state index in [1.807, 2.05) is 0 Å². The van der Waals surface area contributed by atoms with Crippen LogP contribution in [0.1, 0.15) is 290 Å². The minimum absolute atomic E-state index is 0.0383. The van der Waals surface area contributed by atoms with Crippen LogP contribution >= 0.6 is 0 Å². The molecule has 3 unspecified atom stereocenters. The van der Waals surface area contributed by atoms with E-state index in [1.54, 1.807) is 0 Å². The largest absolute Gasteiger partial charge is 0.394 e. The van der Waals surface area contributed by atoms with E-state index in [-0.39, 0.29) is 18.9 Å². The zero-order valence-corrected chi connectivity index (χ0v) is 39.9. The predicted octanol–water partition coefficient (Wildman–Crippen LogP) is 16.1. The molecule has 0 spiro atoms. The standard InChI is InChI=1S/C54H105NO4/c1-3-5-7-9-11-13-15-17-19-20-21-22-23-24-25-26-27-28-29-30-31-32-34-35-37-39-41-43-45-47-51(57)49-54(59)55-52(50-56)53(58)48-46-44-42-40-38-36-33-18-16-14-12-10-8-6-4-2/h21-22,24-25,51-53,56-58H,3-20,23,26-50H2,1-2H3,(H,55,59)/b22-21-,25-24-. The number of hydrogen-bond donors (Lipinski definition) is 4. The van der Waals surface area contributed by atoms with E-state index in [2.05, 4.69) is 43.5 Å². The molecule has 59 heavy (non-hydrogen) atoms. The fourth-order valence-corrected chi connectivity index (χ4v) is 8.44. The highest BCUT2D eigenvalue weighted by Crippen LogP contribution is 2.17. The summed E-state index contributed by atoms with van der Waals surface area (Å²) >= 11 is 0. The topological polar surface area (TPSA) is 89.8 Å². The lowest BCUT2D eigenvalue weighted by molar-refractivity contribution is -0.125. The second-order valence-electron chi connectivity index (χ2n) is 18.5. The molecule has 0 saturated heterocycles. The van der Waals surface area contributed by atoms with Crippen LogP contribution < -0.4 is 5.32 Å². The van der Waals surface area contributed by atoms with Gasteiger partial charge in [-0.1, -0.05) is 263 Å². The number of unbranched alkanes of at least 4 members (excludes halogenated alkanes) is 36. The van der Waals surface area contributed by atoms with Gasteiger partial charge in [-0.15, -0.1) is 0 Å². The Hall–Kier alpha value is -1.17. The molecule has 350 valence electrons. The first-order chi connectivity index (χ1) is 29.0. The number of aliphatic hydroxyl groups is 3. The third-order valence-electron chi connectivity index (χ3n) is 12.5. The Morgan fingerprint density at radius 3 is 1.07 bits per heavy atom. The molecule has 0 aliphatic carbocycles. The van der Waals surface area contributed by atoms with Crippen molar-refractivity contribution in [1.29, 1.82) is 0 Å². The summed E-state index contributed by atoms with van der Waals surface area (Å²) in [6.07, 6.45) is 61.8. The van der Waals surface area contributed by atoms with Gasteiger partial charge in [-0.05, 0) is 44.9 Å². The Bertz CT molecular complexity index is 874. The van der Waals surface area contributed by atoms with Crippen molar-refractivity contribution in [3.05, 3.63) is 24.3 Å². The summed E-state index contributed by atoms with van der Waals surface area (Å²) < 4.78 is 0. The van der Waals surface area contributed by atoms with Crippen molar-refractivity contribution < 1.29 is 20.1 Å². The predicted molar refractivity (Wildman–Crippen MR) is 259 cm³/mol. The Labute approximate surface area is 369 Å². The molecular weight excluding hydrogens is 727 g/mol. The van der Waals surface area contributed by atoms with Crippen molar-refractivity contribution in [3.8, 4) is 0 Å². The summed E-state index contributed by atoms with van der Waals surface area (Å²) in [5.74, 6) is -0.280. The molecule has 0 radical (unpaired) electrons. The molecular formula is C54H105NO4. The third-order valence-corrected chi connectivity index (χ3v) is 12.5. The van der Waals surface area contributed by atoms with E-state index in [0.29, 0.717) is 12.8 Å². The van der Waals surface area contributed by atoms with Gasteiger partial charge in [-0.3, -0.25) is 4.79 Å². The second-order valence-corrected chi connectivity index (χ2v) is 18.5. The number of carbonyl (C=O) groups is 1. The molecule has 5 nitrogen and oxygen atoms in total. The van der Waals surface area contributed by atoms with Gasteiger partial charge in [0.2, 0.25) is 5.91 Å². The highest BCUT2D eigenvalue weighted by atomic mass is 16.3. The summed E-state index contributed by atoms with van der Waals surface area (Å²) in [6.45, 7) is 4.28. The molecule has 4 N–H and O–H groups in total. The Balaban J connectivity index is 3.52. The van der Waals surface area contributed by atoms with Crippen molar-refractivity contribution in [1.82, 2.24) is 5.32 Å². The third kappa shape index (κ3) is 46.2. The molecule has 0 aliphatic rings. The zero-order chi connectivity index (χ0) is 43.0. The minimum Gasteiger partial charge on any atom is -0.394 e. The summed E-state index contributed by atoms with van der Waals surface area (Å²) in [5.41, 5.74) is 0. The Morgan fingerprint density at radius 2 is 0.729 bits per heavy atom. The summed E-state index contributed by atoms with van der Waals surface area (Å²) in [7, 11) is 0. The molecule has 0 aliphatic heterocycles. The van der Waals surface area contributed by atoms with Gasteiger partial charge in [0.25, 0.3) is 0 Å². The van der Waals surface area contributed by atoms with Crippen LogP contribution in [0.4, 0.5) is 0 Å². The first-order valence-corrected chi connectivity index (χ1v) is 26.6. The van der Waals surface area contributed by atoms with Crippen molar-refractivity contribution >= 4 is 5.91 Å². The molecule has 0 aromatic carbocycles. The van der Waals surface area contributed by atoms with Crippen LogP contribution in [0.5, 0.6) is 0 Å². The molecule has 0 heterocycles. The van der Waals surface area contributed by atoms with Gasteiger partial charge in [-0.25, -0.2) is 0 Å². The van der Waals surface area contributed by atoms with Crippen molar-refractivity contribution in [3.63, 3.8) is 0 Å². The van der Waals surface area contributed by atoms with Crippen LogP contribution in [0, 0.1) is 0 Å². The Kier molecular flexibility index (Phi) is 48.5. The molecule has 0 fully saturated rings. The average Bonchev–Trinajstić information content (AvgIpc) is 3.23. The SMILES string of the molecule is CCCCCCCCCCC/C=C\C/C=C\CCCCCCCCCCCCCCCC(O)CC(=O)NC(CO)C(O)CCCCCCCCCCCCCCCCC. The Morgan fingerprint density at radius 1 is 0.424 bits per heavy atom. The number of carbonyl (C=O) groups excluding carboxylic acids is 1. The van der Waals surface area contributed by atoms with Gasteiger partial charge >= 0.3 is 0 Å². The quantitative estimate of drug-likeness (QED) is 0.0363. The number of aliphatic hydroxyl groups excluding tert-OH is 3. The maximum atomic E-state index is 12.5. The maximum Gasteiger partial charge on any atom is 0.222 e. The lowest BCUT2D eigenvalue weighted by atomic mass is 10.0. The van der Waals surface area contributed by atoms with Crippen molar-refractivity contribution in [2.75, 3.05) is 6.61 Å². The van der Waals surface area contributed by atoms with E-state index >= 15 is 0 Å². The normalized spacial score (nSPS) is 13.5. The molecule has 0 aromatic heterocycles. The number of hydrogen-bond acceptors (Lipinski definition) is 4. The highest BCUT2D eigenvalue weighted by molar-refractivity contribution is 5.76. The number of allylic oxidation sites excluding steroid dienone is 4. The molecule has 5 heteroatoms. The average molecular weight is 832 g/mol. The monoisotopic (exact) mass is 832 g/mol. The summed E-state index contributed by atoms with van der Waals surface area (Å²) in [5, 5.41) is 33.5. The molecule has 0 rings (SSSR count). The van der Waals surface area contributed by atoms with E-state index in [4.69, 9.17) is 0 Å². The van der Waals surface area contributed by atoms with Crippen LogP contribution in [0.2, 0.25) is 0 Å². The molecule has 3 atom stereocenters. The molecule has 0 bridgehead atoms. The van der Waals surface area contributed by atoms with Gasteiger partial charge in [0, 0.05) is 0 Å². The van der Waals surface area contributed by atoms with Gasteiger partial charge in [-0.2, -0.15) is 0 Å². The molecule has 1 amide bonds. The number of nitrogens with one attached hydrogen (secondary N) is 1. The zero-order valence-electron chi connectivity index (χ0n) is 39.9. The molecule has 0 saturated carbocycles. The van der Waals surface area contributed by atoms with Crippen LogP contribution in [-0.4, -0.2) is 46.1 Å². The van der Waals surface area contributed by atoms with E-state index < -0.39 is 18.2 Å². The lowest BCUT2D eigenvalue weighted by Gasteiger charge is -2.23. The van der Waals surface area contributed by atoms with E-state index in [1.165, 1.54) is 225 Å². The van der Waals surface area contributed by atoms with Crippen LogP contribution in [-0.2, 0) is 4.79 Å². The second kappa shape index (κ2) is 49.5. The van der Waals surface area contributed by atoms with Crippen molar-refractivity contribution in [2.24, 2.45) is 0 Å². The van der Waals surface area contributed by atoms with Crippen LogP contribution in [0.3, 0.4) is 0 Å². The lowest BCUT2D eigenvalue weighted by Crippen LogP contribution is -2.46. The number of amides is 1. The maximum absolute atomic E-state index is 12.5. The molecule has 0 aromatic rings. The fourth-order valence-electron chi connectivity index (χ4n) is 8.44. The van der Waals surface area contributed by atoms with Gasteiger partial charge in [0.05, 0.1) is 31.3 Å². The highest BCUT2D eigenvalue weighted by Gasteiger charge is 2.21. The van der Waals surface area contributed by atoms with Crippen LogP contribution in [0.15, 0.2) is 24.3 Å². The van der Waals surface area contributed by atoms with Gasteiger partial charge in [0.1, 0.15) is 0 Å². The van der Waals surface area contributed by atoms with Crippen LogP contribution in [0.25, 0.3) is 0 Å². The fraction of sp³-hybridized carbons (Fsp3) is 0.907.